The Morgan fingerprint density at radius 1 is 0.933 bits per heavy atom. The molecule has 15 heavy (non-hydrogen) atoms. The van der Waals surface area contributed by atoms with Crippen LogP contribution in [-0.2, 0) is 0 Å². The van der Waals surface area contributed by atoms with Gasteiger partial charge in [0.15, 0.2) is 12.4 Å². The Hall–Kier alpha value is -2.16. The standard InChI is InChI=1S/C12H10NO2/c14-12(13-9-5-2-6-10-13)15-11-7-3-1-4-8-11/h1-10H/q+1. The van der Waals surface area contributed by atoms with Gasteiger partial charge < -0.3 is 4.74 Å². The zero-order valence-electron chi connectivity index (χ0n) is 8.04. The van der Waals surface area contributed by atoms with Crippen LogP contribution in [0.15, 0.2) is 60.9 Å². The van der Waals surface area contributed by atoms with E-state index in [9.17, 15) is 4.79 Å². The molecule has 1 heterocycles. The molecule has 2 aromatic rings. The molecule has 0 bridgehead atoms. The average molecular weight is 200 g/mol. The molecule has 0 unspecified atom stereocenters. The van der Waals surface area contributed by atoms with Crippen LogP contribution in [0.1, 0.15) is 0 Å². The van der Waals surface area contributed by atoms with Crippen LogP contribution in [0.2, 0.25) is 0 Å². The zero-order valence-corrected chi connectivity index (χ0v) is 8.04. The van der Waals surface area contributed by atoms with Crippen LogP contribution in [0.4, 0.5) is 4.79 Å². The molecule has 74 valence electrons. The van der Waals surface area contributed by atoms with Crippen LogP contribution in [0.25, 0.3) is 0 Å². The molecule has 0 N–H and O–H groups in total. The van der Waals surface area contributed by atoms with Crippen LogP contribution in [0.3, 0.4) is 0 Å². The van der Waals surface area contributed by atoms with Crippen LogP contribution < -0.4 is 9.30 Å². The number of benzene rings is 1. The number of rotatable bonds is 1. The summed E-state index contributed by atoms with van der Waals surface area (Å²) < 4.78 is 6.51. The number of pyridine rings is 1. The number of carbonyl (C=O) groups is 1. The Balaban J connectivity index is 2.12. The topological polar surface area (TPSA) is 30.2 Å². The van der Waals surface area contributed by atoms with Gasteiger partial charge in [0, 0.05) is 12.1 Å². The first kappa shape index (κ1) is 9.40. The molecule has 3 nitrogen and oxygen atoms in total. The van der Waals surface area contributed by atoms with E-state index in [1.807, 2.05) is 24.3 Å². The lowest BCUT2D eigenvalue weighted by Gasteiger charge is -1.97. The maximum absolute atomic E-state index is 11.6. The van der Waals surface area contributed by atoms with Crippen LogP contribution in [0, 0.1) is 0 Å². The van der Waals surface area contributed by atoms with E-state index in [0.29, 0.717) is 5.75 Å². The summed E-state index contributed by atoms with van der Waals surface area (Å²) in [5, 5.41) is 0. The highest BCUT2D eigenvalue weighted by molar-refractivity contribution is 5.60. The first-order valence-electron chi connectivity index (χ1n) is 4.60. The number of hydrogen-bond donors (Lipinski definition) is 0. The van der Waals surface area contributed by atoms with E-state index in [4.69, 9.17) is 4.74 Å². The molecule has 1 aromatic carbocycles. The Morgan fingerprint density at radius 2 is 1.53 bits per heavy atom. The molecular weight excluding hydrogens is 190 g/mol. The van der Waals surface area contributed by atoms with Crippen molar-refractivity contribution in [3.05, 3.63) is 60.9 Å². The van der Waals surface area contributed by atoms with Gasteiger partial charge in [-0.15, -0.1) is 0 Å². The Morgan fingerprint density at radius 3 is 2.20 bits per heavy atom. The van der Waals surface area contributed by atoms with Crippen molar-refractivity contribution < 1.29 is 14.1 Å². The predicted molar refractivity (Wildman–Crippen MR) is 54.5 cm³/mol. The van der Waals surface area contributed by atoms with E-state index in [2.05, 4.69) is 0 Å². The van der Waals surface area contributed by atoms with Gasteiger partial charge >= 0.3 is 6.09 Å². The highest BCUT2D eigenvalue weighted by Crippen LogP contribution is 2.07. The molecule has 2 rings (SSSR count). The van der Waals surface area contributed by atoms with Crippen LogP contribution in [-0.4, -0.2) is 6.09 Å². The third-order valence-corrected chi connectivity index (χ3v) is 1.87. The van der Waals surface area contributed by atoms with Gasteiger partial charge in [-0.25, -0.2) is 0 Å². The third kappa shape index (κ3) is 2.40. The second-order valence-corrected chi connectivity index (χ2v) is 2.96. The molecule has 0 aliphatic carbocycles. The molecule has 0 aliphatic rings. The summed E-state index contributed by atoms with van der Waals surface area (Å²) in [6.45, 7) is 0. The fourth-order valence-electron chi connectivity index (χ4n) is 1.16. The molecule has 0 aliphatic heterocycles. The summed E-state index contributed by atoms with van der Waals surface area (Å²) in [5.41, 5.74) is 0. The van der Waals surface area contributed by atoms with E-state index < -0.39 is 6.09 Å². The van der Waals surface area contributed by atoms with Crippen molar-refractivity contribution in [3.8, 4) is 5.75 Å². The van der Waals surface area contributed by atoms with Gasteiger partial charge in [-0.05, 0) is 12.1 Å². The lowest BCUT2D eigenvalue weighted by atomic mass is 10.3. The normalized spacial score (nSPS) is 9.60. The summed E-state index contributed by atoms with van der Waals surface area (Å²) in [4.78, 5) is 11.6. The Kier molecular flexibility index (Phi) is 2.74. The predicted octanol–water partition coefficient (Wildman–Crippen LogP) is 2.02. The van der Waals surface area contributed by atoms with Crippen molar-refractivity contribution in [1.82, 2.24) is 0 Å². The van der Waals surface area contributed by atoms with Gasteiger partial charge in [-0.3, -0.25) is 0 Å². The van der Waals surface area contributed by atoms with E-state index in [-0.39, 0.29) is 0 Å². The van der Waals surface area contributed by atoms with Crippen LogP contribution in [0.5, 0.6) is 5.75 Å². The molecule has 3 heteroatoms. The molecule has 1 aromatic heterocycles. The van der Waals surface area contributed by atoms with Crippen molar-refractivity contribution in [2.45, 2.75) is 0 Å². The molecule has 0 saturated heterocycles. The first-order chi connectivity index (χ1) is 7.36. The van der Waals surface area contributed by atoms with Crippen molar-refractivity contribution in [2.75, 3.05) is 0 Å². The fraction of sp³-hybridized carbons (Fsp3) is 0. The van der Waals surface area contributed by atoms with Gasteiger partial charge in [0.25, 0.3) is 0 Å². The molecule has 0 atom stereocenters. The van der Waals surface area contributed by atoms with Gasteiger partial charge in [0.1, 0.15) is 5.75 Å². The minimum atomic E-state index is -0.415. The van der Waals surface area contributed by atoms with E-state index in [1.54, 1.807) is 36.7 Å². The highest BCUT2D eigenvalue weighted by Gasteiger charge is 2.15. The summed E-state index contributed by atoms with van der Waals surface area (Å²) in [5.74, 6) is 0.541. The molecule has 0 fully saturated rings. The van der Waals surface area contributed by atoms with Gasteiger partial charge in [-0.1, -0.05) is 28.8 Å². The largest absolute Gasteiger partial charge is 0.607 e. The SMILES string of the molecule is O=C(Oc1ccccc1)[n+]1ccccc1. The molecule has 0 saturated carbocycles. The number of hydrogen-bond acceptors (Lipinski definition) is 2. The summed E-state index contributed by atoms with van der Waals surface area (Å²) in [6.07, 6.45) is 2.87. The van der Waals surface area contributed by atoms with Gasteiger partial charge in [-0.2, -0.15) is 4.79 Å². The number of ether oxygens (including phenoxy) is 1. The van der Waals surface area contributed by atoms with Gasteiger partial charge in [0.2, 0.25) is 0 Å². The lowest BCUT2D eigenvalue weighted by Crippen LogP contribution is -2.44. The van der Waals surface area contributed by atoms with E-state index >= 15 is 0 Å². The monoisotopic (exact) mass is 200 g/mol. The van der Waals surface area contributed by atoms with Gasteiger partial charge in [0.05, 0.1) is 0 Å². The first-order valence-corrected chi connectivity index (χ1v) is 4.60. The second-order valence-electron chi connectivity index (χ2n) is 2.96. The minimum Gasteiger partial charge on any atom is -0.372 e. The fourth-order valence-corrected chi connectivity index (χ4v) is 1.16. The molecule has 0 spiro atoms. The average Bonchev–Trinajstić information content (AvgIpc) is 2.31. The summed E-state index contributed by atoms with van der Waals surface area (Å²) in [7, 11) is 0. The van der Waals surface area contributed by atoms with Crippen molar-refractivity contribution in [2.24, 2.45) is 0 Å². The smallest absolute Gasteiger partial charge is 0.372 e. The van der Waals surface area contributed by atoms with Crippen molar-refractivity contribution in [1.29, 1.82) is 0 Å². The third-order valence-electron chi connectivity index (χ3n) is 1.87. The van der Waals surface area contributed by atoms with Crippen molar-refractivity contribution >= 4 is 6.09 Å². The second kappa shape index (κ2) is 4.37. The number of nitrogens with zero attached hydrogens (tertiary/aromatic N) is 1. The zero-order chi connectivity index (χ0) is 10.5. The van der Waals surface area contributed by atoms with Crippen LogP contribution >= 0.6 is 0 Å². The molecule has 0 amide bonds. The Labute approximate surface area is 87.6 Å². The lowest BCUT2D eigenvalue weighted by molar-refractivity contribution is -0.582. The number of para-hydroxylation sites is 1. The molecule has 0 radical (unpaired) electrons. The quantitative estimate of drug-likeness (QED) is 0.659. The molecular formula is C12H10NO2+. The maximum atomic E-state index is 11.6. The number of aromatic nitrogens is 1. The van der Waals surface area contributed by atoms with Crippen molar-refractivity contribution in [3.63, 3.8) is 0 Å². The van der Waals surface area contributed by atoms with E-state index in [1.165, 1.54) is 4.57 Å². The highest BCUT2D eigenvalue weighted by atomic mass is 16.6. The maximum Gasteiger partial charge on any atom is 0.607 e. The number of carbonyl (C=O) groups excluding carboxylic acids is 1. The minimum absolute atomic E-state index is 0.415. The summed E-state index contributed by atoms with van der Waals surface area (Å²) in [6, 6.07) is 14.4. The summed E-state index contributed by atoms with van der Waals surface area (Å²) >= 11 is 0. The van der Waals surface area contributed by atoms with E-state index in [0.717, 1.165) is 0 Å². The Bertz CT molecular complexity index is 440.